The van der Waals surface area contributed by atoms with Gasteiger partial charge in [0.25, 0.3) is 46.0 Å². The summed E-state index contributed by atoms with van der Waals surface area (Å²) in [6, 6.07) is 10.3. The Labute approximate surface area is 343 Å². The second-order valence-corrected chi connectivity index (χ2v) is 20.7. The van der Waals surface area contributed by atoms with Crippen LogP contribution in [-0.2, 0) is 66.4 Å². The molecule has 0 radical (unpaired) electrons. The molecule has 1 aliphatic carbocycles. The molecule has 61 heavy (non-hydrogen) atoms. The van der Waals surface area contributed by atoms with Gasteiger partial charge in [-0.05, 0) is 47.9 Å². The normalized spacial score (nSPS) is 13.1. The monoisotopic (exact) mass is 942 g/mol. The van der Waals surface area contributed by atoms with Crippen LogP contribution >= 0.6 is 0 Å². The van der Waals surface area contributed by atoms with Gasteiger partial charge in [0.2, 0.25) is 0 Å². The number of nitrogens with one attached hydrogen (secondary N) is 2. The highest BCUT2D eigenvalue weighted by atomic mass is 32.2. The van der Waals surface area contributed by atoms with Crippen LogP contribution in [0.3, 0.4) is 0 Å². The average molecular weight is 943 g/mol. The van der Waals surface area contributed by atoms with Crippen molar-refractivity contribution in [2.24, 2.45) is 0 Å². The number of H-pyrrole nitrogens is 1. The molecule has 22 nitrogen and oxygen atoms in total. The van der Waals surface area contributed by atoms with Crippen molar-refractivity contribution in [2.45, 2.75) is 43.9 Å². The van der Waals surface area contributed by atoms with E-state index in [0.29, 0.717) is 6.07 Å². The number of carbonyl (C=O) groups excluding carboxylic acids is 2. The van der Waals surface area contributed by atoms with Crippen LogP contribution in [0.15, 0.2) is 96.0 Å². The van der Waals surface area contributed by atoms with Crippen molar-refractivity contribution >= 4 is 90.3 Å². The number of ketones is 1. The van der Waals surface area contributed by atoms with Crippen LogP contribution in [0.1, 0.15) is 44.7 Å². The molecular formula is C34H26N2O20S5. The number of hydrogen-bond acceptors (Lipinski definition) is 16. The standard InChI is InChI=1S/C34H26N2O20S5/c37-25(38)9-4-10-57(42,43)18-12-22(59(47,48)49)30(23(13-18)60(50,51)52)35-21-14-24(61(53,54)55)31-28-26(19-7-1-2-8-20(19)32(39)27(21)28)29(33(40)36-31)34(41)56-15-16-5-3-6-17(11-16)58(44,45)46/h1-3,5-8,11-14,35H,4,9-10,15H2,(H,36,40)(H,37,38)(H,44,45,46)(H,47,48,49)(H,50,51,52)(H,53,54,55). The summed E-state index contributed by atoms with van der Waals surface area (Å²) in [5, 5.41) is 10.4. The molecule has 7 N–H and O–H groups in total. The Morgan fingerprint density at radius 1 is 0.672 bits per heavy atom. The minimum absolute atomic E-state index is 0.0193. The highest BCUT2D eigenvalue weighted by Gasteiger charge is 2.38. The topological polar surface area (TPSA) is 377 Å². The first-order chi connectivity index (χ1) is 28.1. The Bertz CT molecular complexity index is 3360. The van der Waals surface area contributed by atoms with Crippen molar-refractivity contribution in [2.75, 3.05) is 11.1 Å². The predicted molar refractivity (Wildman–Crippen MR) is 207 cm³/mol. The molecule has 4 aromatic carbocycles. The third-order valence-electron chi connectivity index (χ3n) is 8.99. The number of hydrogen-bond donors (Lipinski definition) is 7. The maximum atomic E-state index is 14.4. The number of carboxylic acids is 1. The maximum Gasteiger partial charge on any atom is 0.344 e. The van der Waals surface area contributed by atoms with E-state index in [9.17, 15) is 79.5 Å². The van der Waals surface area contributed by atoms with Gasteiger partial charge in [0.05, 0.1) is 38.0 Å². The molecule has 27 heteroatoms. The fourth-order valence-electron chi connectivity index (χ4n) is 6.44. The first-order valence-corrected chi connectivity index (χ1v) is 24.0. The van der Waals surface area contributed by atoms with E-state index in [4.69, 9.17) is 9.84 Å². The summed E-state index contributed by atoms with van der Waals surface area (Å²) in [5.74, 6) is -5.00. The molecule has 0 bridgehead atoms. The number of aromatic nitrogens is 1. The van der Waals surface area contributed by atoms with Gasteiger partial charge in [0, 0.05) is 22.9 Å². The van der Waals surface area contributed by atoms with Crippen LogP contribution in [-0.4, -0.2) is 93.9 Å². The van der Waals surface area contributed by atoms with Gasteiger partial charge >= 0.3 is 11.9 Å². The molecule has 6 rings (SSSR count). The summed E-state index contributed by atoms with van der Waals surface area (Å²) in [5.41, 5.74) is -7.34. The Balaban J connectivity index is 1.66. The van der Waals surface area contributed by atoms with Crippen molar-refractivity contribution < 1.29 is 84.5 Å². The first-order valence-electron chi connectivity index (χ1n) is 16.6. The second-order valence-electron chi connectivity index (χ2n) is 13.0. The number of esters is 1. The number of pyridine rings is 1. The van der Waals surface area contributed by atoms with Crippen molar-refractivity contribution in [3.8, 4) is 11.1 Å². The number of aromatic amines is 1. The molecule has 5 aromatic rings. The molecule has 0 atom stereocenters. The van der Waals surface area contributed by atoms with Crippen LogP contribution in [0.5, 0.6) is 0 Å². The lowest BCUT2D eigenvalue weighted by molar-refractivity contribution is -0.137. The predicted octanol–water partition coefficient (Wildman–Crippen LogP) is 2.47. The molecule has 1 aromatic heterocycles. The van der Waals surface area contributed by atoms with E-state index in [-0.39, 0.29) is 28.8 Å². The summed E-state index contributed by atoms with van der Waals surface area (Å²) < 4.78 is 172. The molecule has 0 unspecified atom stereocenters. The smallest absolute Gasteiger partial charge is 0.344 e. The maximum absolute atomic E-state index is 14.4. The highest BCUT2D eigenvalue weighted by molar-refractivity contribution is 7.91. The molecule has 0 saturated heterocycles. The molecular weight excluding hydrogens is 917 g/mol. The van der Waals surface area contributed by atoms with Gasteiger partial charge in [0.15, 0.2) is 15.6 Å². The Morgan fingerprint density at radius 3 is 1.82 bits per heavy atom. The Kier molecular flexibility index (Phi) is 11.4. The number of ether oxygens (including phenoxy) is 1. The van der Waals surface area contributed by atoms with E-state index in [1.54, 1.807) is 0 Å². The van der Waals surface area contributed by atoms with Crippen LogP contribution in [0.4, 0.5) is 11.4 Å². The molecule has 1 heterocycles. The Hall–Kier alpha value is -5.91. The fourth-order valence-corrected chi connectivity index (χ4v) is 10.6. The van der Waals surface area contributed by atoms with Gasteiger partial charge in [-0.25, -0.2) is 13.2 Å². The third-order valence-corrected chi connectivity index (χ3v) is 14.3. The van der Waals surface area contributed by atoms with E-state index in [2.05, 4.69) is 10.3 Å². The van der Waals surface area contributed by atoms with Crippen molar-refractivity contribution in [1.82, 2.24) is 4.98 Å². The lowest BCUT2D eigenvalue weighted by atomic mass is 9.81. The molecule has 0 amide bonds. The number of carboxylic acid groups (broad SMARTS) is 1. The van der Waals surface area contributed by atoms with E-state index in [0.717, 1.165) is 12.1 Å². The van der Waals surface area contributed by atoms with Gasteiger partial charge in [-0.3, -0.25) is 32.6 Å². The molecule has 0 saturated carbocycles. The number of carbonyl (C=O) groups is 3. The summed E-state index contributed by atoms with van der Waals surface area (Å²) in [4.78, 5) is 48.7. The lowest BCUT2D eigenvalue weighted by Crippen LogP contribution is -2.26. The molecule has 0 spiro atoms. The summed E-state index contributed by atoms with van der Waals surface area (Å²) in [6.45, 7) is -0.744. The SMILES string of the molecule is O=C(O)CCCS(=O)(=O)c1cc(S(=O)(=O)O)c(Nc2cc(S(=O)(=O)O)c3[nH]c(=O)c(C(=O)OCc4cccc(S(=O)(=O)O)c4)c4c3c2C(=O)c2ccccc2-4)c(S(=O)(=O)O)c1. The van der Waals surface area contributed by atoms with Crippen LogP contribution in [0.25, 0.3) is 22.0 Å². The quantitative estimate of drug-likeness (QED) is 0.0609. The largest absolute Gasteiger partial charge is 0.481 e. The zero-order valence-corrected chi connectivity index (χ0v) is 34.2. The van der Waals surface area contributed by atoms with E-state index >= 15 is 0 Å². The number of rotatable bonds is 14. The van der Waals surface area contributed by atoms with Crippen molar-refractivity contribution in [1.29, 1.82) is 0 Å². The van der Waals surface area contributed by atoms with Crippen molar-refractivity contribution in [3.63, 3.8) is 0 Å². The third kappa shape index (κ3) is 8.81. The van der Waals surface area contributed by atoms with Gasteiger partial charge in [0.1, 0.15) is 26.9 Å². The zero-order chi connectivity index (χ0) is 45.2. The molecule has 322 valence electrons. The summed E-state index contributed by atoms with van der Waals surface area (Å²) >= 11 is 0. The number of aliphatic carboxylic acids is 1. The number of fused-ring (bicyclic) bond motifs is 2. The van der Waals surface area contributed by atoms with E-state index < -0.39 is 162 Å². The van der Waals surface area contributed by atoms with Gasteiger partial charge in [-0.15, -0.1) is 0 Å². The van der Waals surface area contributed by atoms with E-state index in [1.165, 1.54) is 36.4 Å². The second kappa shape index (κ2) is 15.5. The average Bonchev–Trinajstić information content (AvgIpc) is 3.14. The van der Waals surface area contributed by atoms with Crippen LogP contribution in [0.2, 0.25) is 0 Å². The molecule has 0 aliphatic heterocycles. The van der Waals surface area contributed by atoms with Gasteiger partial charge in [-0.2, -0.15) is 33.7 Å². The lowest BCUT2D eigenvalue weighted by Gasteiger charge is -2.25. The van der Waals surface area contributed by atoms with Crippen molar-refractivity contribution in [3.05, 3.63) is 99.3 Å². The highest BCUT2D eigenvalue weighted by Crippen LogP contribution is 2.46. The minimum atomic E-state index is -5.78. The van der Waals surface area contributed by atoms with Crippen LogP contribution in [0, 0.1) is 0 Å². The fraction of sp³-hybridized carbons (Fsp3) is 0.118. The zero-order valence-electron chi connectivity index (χ0n) is 30.1. The van der Waals surface area contributed by atoms with Gasteiger partial charge < -0.3 is 20.1 Å². The number of anilines is 2. The molecule has 0 fully saturated rings. The van der Waals surface area contributed by atoms with E-state index in [1.807, 2.05) is 0 Å². The minimum Gasteiger partial charge on any atom is -0.481 e. The van der Waals surface area contributed by atoms with Gasteiger partial charge in [-0.1, -0.05) is 36.4 Å². The number of sulfone groups is 1. The first kappa shape index (κ1) is 44.6. The number of benzene rings is 4. The Morgan fingerprint density at radius 2 is 1.26 bits per heavy atom. The summed E-state index contributed by atoms with van der Waals surface area (Å²) in [6.07, 6.45) is -1.27. The molecule has 1 aliphatic rings. The van der Waals surface area contributed by atoms with Crippen LogP contribution < -0.4 is 10.9 Å². The summed E-state index contributed by atoms with van der Waals surface area (Å²) in [7, 11) is -26.6.